The van der Waals surface area contributed by atoms with E-state index in [2.05, 4.69) is 103 Å². The first-order chi connectivity index (χ1) is 18.6. The van der Waals surface area contributed by atoms with Crippen LogP contribution in [0, 0.1) is 0 Å². The molecule has 0 bridgehead atoms. The van der Waals surface area contributed by atoms with Crippen LogP contribution < -0.4 is 10.4 Å². The second-order valence-corrected chi connectivity index (χ2v) is 16.6. The SMILES string of the molecule is CC1(C)O[C@@H]2[C@H](O1)C(CO[Si](c1ccccc1)(c1ccccc1)C(C)(C)C)=C[C@H]2n1ccc2c(Cl)nccc21. The van der Waals surface area contributed by atoms with Crippen LogP contribution in [0.25, 0.3) is 10.9 Å². The number of fused-ring (bicyclic) bond motifs is 2. The van der Waals surface area contributed by atoms with Gasteiger partial charge in [0.05, 0.1) is 18.2 Å². The van der Waals surface area contributed by atoms with E-state index in [0.717, 1.165) is 16.5 Å². The molecule has 0 N–H and O–H groups in total. The molecule has 2 aromatic heterocycles. The van der Waals surface area contributed by atoms with Crippen LogP contribution in [0.2, 0.25) is 10.2 Å². The van der Waals surface area contributed by atoms with Gasteiger partial charge in [-0.3, -0.25) is 0 Å². The molecule has 1 aliphatic carbocycles. The van der Waals surface area contributed by atoms with E-state index in [-0.39, 0.29) is 23.3 Å². The van der Waals surface area contributed by atoms with Gasteiger partial charge in [-0.25, -0.2) is 4.98 Å². The Bertz CT molecular complexity index is 1470. The van der Waals surface area contributed by atoms with Crippen molar-refractivity contribution in [3.63, 3.8) is 0 Å². The summed E-state index contributed by atoms with van der Waals surface area (Å²) in [5, 5.41) is 3.85. The zero-order chi connectivity index (χ0) is 27.4. The number of hydrogen-bond acceptors (Lipinski definition) is 4. The lowest BCUT2D eigenvalue weighted by molar-refractivity contribution is -0.148. The van der Waals surface area contributed by atoms with E-state index in [1.165, 1.54) is 10.4 Å². The summed E-state index contributed by atoms with van der Waals surface area (Å²) in [5.41, 5.74) is 2.14. The predicted octanol–water partition coefficient (Wildman–Crippen LogP) is 6.27. The summed E-state index contributed by atoms with van der Waals surface area (Å²) < 4.78 is 22.5. The molecule has 1 fully saturated rings. The van der Waals surface area contributed by atoms with Crippen LogP contribution in [-0.4, -0.2) is 42.5 Å². The Morgan fingerprint density at radius 1 is 0.949 bits per heavy atom. The standard InChI is InChI=1S/C32H35ClN2O3Si/c1-31(2,3)39(23-12-8-6-9-13-23,24-14-10-7-11-15-24)36-21-22-20-27(29-28(22)37-32(4,5)38-29)35-19-17-25-26(35)16-18-34-30(25)33/h6-20,27-29H,21H2,1-5H3/t27-,28-,29+/m1/s1. The van der Waals surface area contributed by atoms with Crippen molar-refractivity contribution in [2.75, 3.05) is 6.61 Å². The van der Waals surface area contributed by atoms with Crippen molar-refractivity contribution >= 4 is 41.2 Å². The topological polar surface area (TPSA) is 45.5 Å². The van der Waals surface area contributed by atoms with Gasteiger partial charge in [0.1, 0.15) is 17.4 Å². The monoisotopic (exact) mass is 558 g/mol. The number of rotatable bonds is 6. The first-order valence-corrected chi connectivity index (χ1v) is 15.8. The number of pyridine rings is 1. The Hall–Kier alpha value is -2.74. The van der Waals surface area contributed by atoms with E-state index in [1.54, 1.807) is 6.20 Å². The van der Waals surface area contributed by atoms with Crippen molar-refractivity contribution < 1.29 is 13.9 Å². The molecule has 4 aromatic rings. The lowest BCUT2D eigenvalue weighted by atomic mass is 10.1. The quantitative estimate of drug-likeness (QED) is 0.159. The second-order valence-electron chi connectivity index (χ2n) is 12.0. The Morgan fingerprint density at radius 3 is 2.21 bits per heavy atom. The van der Waals surface area contributed by atoms with Crippen LogP contribution in [0.4, 0.5) is 0 Å². The largest absolute Gasteiger partial charge is 0.403 e. The second kappa shape index (κ2) is 9.72. The molecule has 2 aromatic carbocycles. The molecule has 202 valence electrons. The number of aromatic nitrogens is 2. The van der Waals surface area contributed by atoms with Crippen LogP contribution in [0.15, 0.2) is 96.8 Å². The van der Waals surface area contributed by atoms with Crippen molar-refractivity contribution in [3.05, 3.63) is 102 Å². The van der Waals surface area contributed by atoms with E-state index in [4.69, 9.17) is 25.5 Å². The minimum Gasteiger partial charge on any atom is -0.403 e. The molecule has 3 heterocycles. The molecule has 7 heteroatoms. The minimum atomic E-state index is -2.71. The van der Waals surface area contributed by atoms with Crippen molar-refractivity contribution in [1.82, 2.24) is 9.55 Å². The van der Waals surface area contributed by atoms with Gasteiger partial charge in [0, 0.05) is 17.8 Å². The van der Waals surface area contributed by atoms with Crippen molar-refractivity contribution in [3.8, 4) is 0 Å². The predicted molar refractivity (Wildman–Crippen MR) is 159 cm³/mol. The highest BCUT2D eigenvalue weighted by molar-refractivity contribution is 6.99. The highest BCUT2D eigenvalue weighted by Crippen LogP contribution is 2.45. The van der Waals surface area contributed by atoms with E-state index in [0.29, 0.717) is 11.8 Å². The van der Waals surface area contributed by atoms with Gasteiger partial charge in [0.25, 0.3) is 8.32 Å². The van der Waals surface area contributed by atoms with E-state index in [9.17, 15) is 0 Å². The molecule has 3 atom stereocenters. The zero-order valence-electron chi connectivity index (χ0n) is 23.1. The maximum absolute atomic E-state index is 7.29. The van der Waals surface area contributed by atoms with Gasteiger partial charge >= 0.3 is 0 Å². The Kier molecular flexibility index (Phi) is 6.60. The summed E-state index contributed by atoms with van der Waals surface area (Å²) in [6, 6.07) is 25.5. The molecule has 5 nitrogen and oxygen atoms in total. The molecule has 0 spiro atoms. The van der Waals surface area contributed by atoms with Crippen molar-refractivity contribution in [2.45, 2.75) is 63.7 Å². The molecular formula is C32H35ClN2O3Si. The third-order valence-corrected chi connectivity index (χ3v) is 13.3. The molecule has 0 radical (unpaired) electrons. The summed E-state index contributed by atoms with van der Waals surface area (Å²) in [7, 11) is -2.71. The van der Waals surface area contributed by atoms with Crippen LogP contribution in [0.3, 0.4) is 0 Å². The molecule has 0 amide bonds. The zero-order valence-corrected chi connectivity index (χ0v) is 24.9. The van der Waals surface area contributed by atoms with Crippen molar-refractivity contribution in [2.24, 2.45) is 0 Å². The fourth-order valence-corrected chi connectivity index (χ4v) is 11.1. The average molecular weight is 559 g/mol. The van der Waals surface area contributed by atoms with Gasteiger partial charge in [-0.1, -0.05) is 99.1 Å². The molecule has 6 rings (SSSR count). The summed E-state index contributed by atoms with van der Waals surface area (Å²) >= 11 is 6.41. The highest BCUT2D eigenvalue weighted by atomic mass is 35.5. The Labute approximate surface area is 236 Å². The Balaban J connectivity index is 1.42. The minimum absolute atomic E-state index is 0.0505. The van der Waals surface area contributed by atoms with E-state index < -0.39 is 14.1 Å². The van der Waals surface area contributed by atoms with Crippen molar-refractivity contribution in [1.29, 1.82) is 0 Å². The fourth-order valence-electron chi connectivity index (χ4n) is 6.37. The van der Waals surface area contributed by atoms with Gasteiger partial charge in [-0.15, -0.1) is 0 Å². The number of halogens is 1. The van der Waals surface area contributed by atoms with Gasteiger partial charge in [0.15, 0.2) is 5.79 Å². The fraction of sp³-hybridized carbons (Fsp3) is 0.344. The normalized spacial score (nSPS) is 22.7. The molecule has 1 aliphatic heterocycles. The molecule has 0 saturated carbocycles. The summed E-state index contributed by atoms with van der Waals surface area (Å²) in [6.07, 6.45) is 5.73. The average Bonchev–Trinajstić information content (AvgIpc) is 3.56. The van der Waals surface area contributed by atoms with E-state index >= 15 is 0 Å². The van der Waals surface area contributed by atoms with Gasteiger partial charge in [0.2, 0.25) is 0 Å². The Morgan fingerprint density at radius 2 is 1.59 bits per heavy atom. The summed E-state index contributed by atoms with van der Waals surface area (Å²) in [4.78, 5) is 4.25. The van der Waals surface area contributed by atoms with E-state index in [1.807, 2.05) is 26.0 Å². The highest BCUT2D eigenvalue weighted by Gasteiger charge is 2.53. The molecule has 39 heavy (non-hydrogen) atoms. The first-order valence-electron chi connectivity index (χ1n) is 13.5. The van der Waals surface area contributed by atoms with Crippen LogP contribution in [0.1, 0.15) is 40.7 Å². The molecule has 2 aliphatic rings. The number of hydrogen-bond donors (Lipinski definition) is 0. The third kappa shape index (κ3) is 4.48. The van der Waals surface area contributed by atoms with Crippen LogP contribution in [0.5, 0.6) is 0 Å². The van der Waals surface area contributed by atoms with Crippen LogP contribution >= 0.6 is 11.6 Å². The third-order valence-electron chi connectivity index (χ3n) is 8.01. The maximum Gasteiger partial charge on any atom is 0.261 e. The lowest BCUT2D eigenvalue weighted by Gasteiger charge is -2.43. The van der Waals surface area contributed by atoms with Gasteiger partial charge in [-0.2, -0.15) is 0 Å². The molecule has 0 unspecified atom stereocenters. The smallest absolute Gasteiger partial charge is 0.261 e. The maximum atomic E-state index is 7.29. The number of ether oxygens (including phenoxy) is 2. The van der Waals surface area contributed by atoms with Gasteiger partial charge < -0.3 is 18.5 Å². The summed E-state index contributed by atoms with van der Waals surface area (Å²) in [5.74, 6) is -0.688. The molecule has 1 saturated heterocycles. The molecular weight excluding hydrogens is 524 g/mol. The number of benzene rings is 2. The van der Waals surface area contributed by atoms with Crippen LogP contribution in [-0.2, 0) is 13.9 Å². The first kappa shape index (κ1) is 26.5. The number of nitrogens with zero attached hydrogens (tertiary/aromatic N) is 2. The lowest BCUT2D eigenvalue weighted by Crippen LogP contribution is -2.66. The summed E-state index contributed by atoms with van der Waals surface area (Å²) in [6.45, 7) is 11.3. The van der Waals surface area contributed by atoms with Gasteiger partial charge in [-0.05, 0) is 47.0 Å².